The van der Waals surface area contributed by atoms with E-state index in [9.17, 15) is 0 Å². The Morgan fingerprint density at radius 3 is 2.76 bits per heavy atom. The van der Waals surface area contributed by atoms with Crippen LogP contribution in [0.25, 0.3) is 22.2 Å². The van der Waals surface area contributed by atoms with Gasteiger partial charge in [-0.3, -0.25) is 0 Å². The van der Waals surface area contributed by atoms with Crippen LogP contribution in [0.3, 0.4) is 0 Å². The van der Waals surface area contributed by atoms with Gasteiger partial charge in [0.15, 0.2) is 17.0 Å². The SMILES string of the molecule is c1ccc2[nH]c(CNc3nn(C4CCNCC4)c4nc(C5CC5)cnc34)nc2c1. The van der Waals surface area contributed by atoms with Crippen molar-refractivity contribution in [1.29, 1.82) is 0 Å². The molecule has 1 aromatic carbocycles. The first kappa shape index (κ1) is 16.9. The smallest absolute Gasteiger partial charge is 0.179 e. The van der Waals surface area contributed by atoms with Gasteiger partial charge in [-0.1, -0.05) is 12.1 Å². The van der Waals surface area contributed by atoms with Gasteiger partial charge in [-0.2, -0.15) is 5.10 Å². The number of rotatable bonds is 5. The highest BCUT2D eigenvalue weighted by atomic mass is 15.4. The number of benzene rings is 1. The van der Waals surface area contributed by atoms with Gasteiger partial charge in [0.1, 0.15) is 5.82 Å². The van der Waals surface area contributed by atoms with Gasteiger partial charge in [0.25, 0.3) is 0 Å². The van der Waals surface area contributed by atoms with Crippen molar-refractivity contribution in [3.05, 3.63) is 42.0 Å². The molecule has 1 saturated heterocycles. The number of nitrogens with one attached hydrogen (secondary N) is 3. The van der Waals surface area contributed by atoms with Gasteiger partial charge in [0.2, 0.25) is 0 Å². The summed E-state index contributed by atoms with van der Waals surface area (Å²) in [7, 11) is 0. The average Bonchev–Trinajstić information content (AvgIpc) is 3.44. The van der Waals surface area contributed by atoms with E-state index >= 15 is 0 Å². The summed E-state index contributed by atoms with van der Waals surface area (Å²) in [4.78, 5) is 17.8. The molecule has 3 aromatic heterocycles. The molecule has 4 heterocycles. The van der Waals surface area contributed by atoms with E-state index in [-0.39, 0.29) is 0 Å². The molecule has 4 aromatic rings. The second-order valence-electron chi connectivity index (χ2n) is 8.07. The Labute approximate surface area is 168 Å². The summed E-state index contributed by atoms with van der Waals surface area (Å²) < 4.78 is 2.11. The third-order valence-corrected chi connectivity index (χ3v) is 5.93. The van der Waals surface area contributed by atoms with Gasteiger partial charge in [-0.25, -0.2) is 19.6 Å². The fourth-order valence-corrected chi connectivity index (χ4v) is 4.18. The van der Waals surface area contributed by atoms with Crippen LogP contribution in [0.2, 0.25) is 0 Å². The Kier molecular flexibility index (Phi) is 3.97. The maximum atomic E-state index is 4.98. The first-order valence-electron chi connectivity index (χ1n) is 10.5. The number of para-hydroxylation sites is 2. The predicted molar refractivity (Wildman–Crippen MR) is 112 cm³/mol. The molecular weight excluding hydrogens is 364 g/mol. The number of fused-ring (bicyclic) bond motifs is 2. The summed E-state index contributed by atoms with van der Waals surface area (Å²) in [6, 6.07) is 8.43. The number of aromatic nitrogens is 6. The standard InChI is InChI=1S/C21H24N8/c1-2-4-16-15(3-1)25-18(26-16)12-24-20-19-21(27-17(11-23-19)13-5-6-13)29(28-20)14-7-9-22-10-8-14/h1-4,11,13-14,22H,5-10,12H2,(H,24,28)(H,25,26). The zero-order valence-electron chi connectivity index (χ0n) is 16.2. The quantitative estimate of drug-likeness (QED) is 0.486. The van der Waals surface area contributed by atoms with Gasteiger partial charge in [0.05, 0.1) is 29.3 Å². The number of hydrogen-bond donors (Lipinski definition) is 3. The van der Waals surface area contributed by atoms with Crippen molar-refractivity contribution < 1.29 is 0 Å². The van der Waals surface area contributed by atoms with E-state index in [1.807, 2.05) is 30.5 Å². The van der Waals surface area contributed by atoms with Gasteiger partial charge < -0.3 is 15.6 Å². The molecule has 0 bridgehead atoms. The molecule has 1 saturated carbocycles. The molecule has 148 valence electrons. The molecule has 1 aliphatic carbocycles. The summed E-state index contributed by atoms with van der Waals surface area (Å²) in [6.45, 7) is 2.60. The highest BCUT2D eigenvalue weighted by molar-refractivity contribution is 5.83. The summed E-state index contributed by atoms with van der Waals surface area (Å²) >= 11 is 0. The molecule has 29 heavy (non-hydrogen) atoms. The minimum absolute atomic E-state index is 0.365. The third-order valence-electron chi connectivity index (χ3n) is 5.93. The zero-order chi connectivity index (χ0) is 19.2. The minimum Gasteiger partial charge on any atom is -0.360 e. The van der Waals surface area contributed by atoms with Gasteiger partial charge in [0, 0.05) is 12.1 Å². The molecule has 0 atom stereocenters. The molecule has 0 spiro atoms. The number of hydrogen-bond acceptors (Lipinski definition) is 6. The summed E-state index contributed by atoms with van der Waals surface area (Å²) in [6.07, 6.45) is 6.50. The topological polar surface area (TPSA) is 96.3 Å². The lowest BCUT2D eigenvalue weighted by Gasteiger charge is -2.23. The van der Waals surface area contributed by atoms with Crippen LogP contribution in [0.5, 0.6) is 0 Å². The van der Waals surface area contributed by atoms with Crippen molar-refractivity contribution in [2.75, 3.05) is 18.4 Å². The van der Waals surface area contributed by atoms with Crippen LogP contribution >= 0.6 is 0 Å². The lowest BCUT2D eigenvalue weighted by molar-refractivity contribution is 0.350. The Bertz CT molecular complexity index is 1130. The molecule has 6 rings (SSSR count). The summed E-state index contributed by atoms with van der Waals surface area (Å²) in [5, 5.41) is 11.8. The Hall–Kier alpha value is -3.00. The fraction of sp³-hybridized carbons (Fsp3) is 0.429. The number of imidazole rings is 1. The van der Waals surface area contributed by atoms with Crippen LogP contribution in [0, 0.1) is 0 Å². The van der Waals surface area contributed by atoms with E-state index in [0.717, 1.165) is 65.5 Å². The lowest BCUT2D eigenvalue weighted by atomic mass is 10.1. The van der Waals surface area contributed by atoms with Gasteiger partial charge >= 0.3 is 0 Å². The van der Waals surface area contributed by atoms with Gasteiger partial charge in [-0.05, 0) is 50.9 Å². The summed E-state index contributed by atoms with van der Waals surface area (Å²) in [5.41, 5.74) is 4.89. The van der Waals surface area contributed by atoms with Crippen molar-refractivity contribution in [3.8, 4) is 0 Å². The lowest BCUT2D eigenvalue weighted by Crippen LogP contribution is -2.30. The van der Waals surface area contributed by atoms with E-state index in [4.69, 9.17) is 15.1 Å². The fourth-order valence-electron chi connectivity index (χ4n) is 4.18. The maximum Gasteiger partial charge on any atom is 0.179 e. The number of aromatic amines is 1. The number of H-pyrrole nitrogens is 1. The van der Waals surface area contributed by atoms with Crippen LogP contribution in [-0.2, 0) is 6.54 Å². The van der Waals surface area contributed by atoms with Crippen LogP contribution in [0.1, 0.15) is 49.2 Å². The van der Waals surface area contributed by atoms with Crippen LogP contribution in [0.15, 0.2) is 30.5 Å². The second kappa shape index (κ2) is 6.81. The molecule has 2 aliphatic rings. The maximum absolute atomic E-state index is 4.98. The van der Waals surface area contributed by atoms with E-state index in [2.05, 4.69) is 25.3 Å². The second-order valence-corrected chi connectivity index (χ2v) is 8.07. The first-order valence-corrected chi connectivity index (χ1v) is 10.5. The van der Waals surface area contributed by atoms with Crippen LogP contribution in [-0.4, -0.2) is 42.8 Å². The van der Waals surface area contributed by atoms with Crippen molar-refractivity contribution in [1.82, 2.24) is 35.0 Å². The van der Waals surface area contributed by atoms with Crippen molar-refractivity contribution in [3.63, 3.8) is 0 Å². The molecule has 3 N–H and O–H groups in total. The molecule has 8 heteroatoms. The van der Waals surface area contributed by atoms with E-state index in [0.29, 0.717) is 18.5 Å². The largest absolute Gasteiger partial charge is 0.360 e. The van der Waals surface area contributed by atoms with Crippen LogP contribution < -0.4 is 10.6 Å². The summed E-state index contributed by atoms with van der Waals surface area (Å²) in [5.74, 6) is 2.25. The number of anilines is 1. The van der Waals surface area contributed by atoms with Crippen molar-refractivity contribution >= 4 is 28.0 Å². The molecule has 8 nitrogen and oxygen atoms in total. The third kappa shape index (κ3) is 3.13. The average molecular weight is 388 g/mol. The Balaban J connectivity index is 1.34. The van der Waals surface area contributed by atoms with Gasteiger partial charge in [-0.15, -0.1) is 0 Å². The minimum atomic E-state index is 0.365. The van der Waals surface area contributed by atoms with Crippen molar-refractivity contribution in [2.24, 2.45) is 0 Å². The van der Waals surface area contributed by atoms with E-state index < -0.39 is 0 Å². The molecule has 0 radical (unpaired) electrons. The van der Waals surface area contributed by atoms with E-state index in [1.54, 1.807) is 0 Å². The molecule has 2 fully saturated rings. The monoisotopic (exact) mass is 388 g/mol. The Morgan fingerprint density at radius 2 is 1.93 bits per heavy atom. The van der Waals surface area contributed by atoms with Crippen LogP contribution in [0.4, 0.5) is 5.82 Å². The highest BCUT2D eigenvalue weighted by Crippen LogP contribution is 2.39. The molecule has 0 amide bonds. The normalized spacial score (nSPS) is 17.9. The van der Waals surface area contributed by atoms with Crippen molar-refractivity contribution in [2.45, 2.75) is 44.2 Å². The predicted octanol–water partition coefficient (Wildman–Crippen LogP) is 3.12. The highest BCUT2D eigenvalue weighted by Gasteiger charge is 2.28. The molecular formula is C21H24N8. The Morgan fingerprint density at radius 1 is 1.07 bits per heavy atom. The number of nitrogens with zero attached hydrogens (tertiary/aromatic N) is 5. The zero-order valence-corrected chi connectivity index (χ0v) is 16.2. The molecule has 1 aliphatic heterocycles. The number of piperidine rings is 1. The van der Waals surface area contributed by atoms with E-state index in [1.165, 1.54) is 12.8 Å². The first-order chi connectivity index (χ1) is 14.3. The molecule has 0 unspecified atom stereocenters.